The summed E-state index contributed by atoms with van der Waals surface area (Å²) >= 11 is 12.1. The lowest BCUT2D eigenvalue weighted by molar-refractivity contribution is -0.122. The smallest absolute Gasteiger partial charge is 0.336 e. The fourth-order valence-corrected chi connectivity index (χ4v) is 2.77. The van der Waals surface area contributed by atoms with Gasteiger partial charge in [-0.05, 0) is 49.7 Å². The molecule has 0 saturated carbocycles. The maximum atomic E-state index is 12.3. The van der Waals surface area contributed by atoms with Gasteiger partial charge in [0.15, 0.2) is 6.10 Å². The molecule has 1 N–H and O–H groups in total. The number of nitrogens with one attached hydrogen (secondary N) is 1. The first-order valence-electron chi connectivity index (χ1n) is 7.80. The summed E-state index contributed by atoms with van der Waals surface area (Å²) in [6, 6.07) is 11.3. The third-order valence-corrected chi connectivity index (χ3v) is 4.34. The van der Waals surface area contributed by atoms with Crippen molar-refractivity contribution in [3.63, 3.8) is 0 Å². The van der Waals surface area contributed by atoms with Crippen molar-refractivity contribution >= 4 is 45.8 Å². The standard InChI is InChI=1S/C19H15Cl2NO4/c1-10-7-18(23)26-16-9-17(15(21)8-14(10)16)25-11(2)19(24)22-13-5-3-12(20)4-6-13/h3-9,11H,1-2H3,(H,22,24)/t11-/m1/s1. The zero-order chi connectivity index (χ0) is 18.8. The summed E-state index contributed by atoms with van der Waals surface area (Å²) in [6.07, 6.45) is -0.822. The van der Waals surface area contributed by atoms with E-state index in [1.807, 2.05) is 0 Å². The van der Waals surface area contributed by atoms with Crippen LogP contribution in [0.4, 0.5) is 5.69 Å². The fourth-order valence-electron chi connectivity index (χ4n) is 2.43. The van der Waals surface area contributed by atoms with Crippen molar-refractivity contribution in [3.8, 4) is 5.75 Å². The number of carbonyl (C=O) groups is 1. The molecule has 0 radical (unpaired) electrons. The Bertz CT molecular complexity index is 1030. The Labute approximate surface area is 159 Å². The number of fused-ring (bicyclic) bond motifs is 1. The quantitative estimate of drug-likeness (QED) is 0.647. The summed E-state index contributed by atoms with van der Waals surface area (Å²) in [6.45, 7) is 3.39. The van der Waals surface area contributed by atoms with Gasteiger partial charge in [-0.3, -0.25) is 4.79 Å². The summed E-state index contributed by atoms with van der Waals surface area (Å²) in [5.41, 5.74) is 1.23. The van der Waals surface area contributed by atoms with E-state index in [-0.39, 0.29) is 11.7 Å². The Morgan fingerprint density at radius 2 is 1.85 bits per heavy atom. The number of halogens is 2. The van der Waals surface area contributed by atoms with Gasteiger partial charge >= 0.3 is 5.63 Å². The highest BCUT2D eigenvalue weighted by Gasteiger charge is 2.18. The van der Waals surface area contributed by atoms with Gasteiger partial charge in [0.1, 0.15) is 11.3 Å². The first-order chi connectivity index (χ1) is 12.3. The third-order valence-electron chi connectivity index (χ3n) is 3.79. The molecule has 134 valence electrons. The minimum Gasteiger partial charge on any atom is -0.479 e. The molecule has 26 heavy (non-hydrogen) atoms. The minimum absolute atomic E-state index is 0.256. The zero-order valence-corrected chi connectivity index (χ0v) is 15.5. The first-order valence-corrected chi connectivity index (χ1v) is 8.56. The van der Waals surface area contributed by atoms with Crippen molar-refractivity contribution in [2.45, 2.75) is 20.0 Å². The summed E-state index contributed by atoms with van der Waals surface area (Å²) < 4.78 is 10.8. The van der Waals surface area contributed by atoms with Gasteiger partial charge in [0.2, 0.25) is 0 Å². The van der Waals surface area contributed by atoms with E-state index < -0.39 is 11.7 Å². The number of anilines is 1. The lowest BCUT2D eigenvalue weighted by Crippen LogP contribution is -2.30. The van der Waals surface area contributed by atoms with Gasteiger partial charge in [-0.15, -0.1) is 0 Å². The van der Waals surface area contributed by atoms with E-state index in [9.17, 15) is 9.59 Å². The van der Waals surface area contributed by atoms with E-state index in [1.54, 1.807) is 44.2 Å². The Morgan fingerprint density at radius 1 is 1.15 bits per heavy atom. The predicted molar refractivity (Wildman–Crippen MR) is 102 cm³/mol. The fraction of sp³-hybridized carbons (Fsp3) is 0.158. The number of hydrogen-bond donors (Lipinski definition) is 1. The molecule has 0 fully saturated rings. The number of ether oxygens (including phenoxy) is 1. The molecule has 3 rings (SSSR count). The van der Waals surface area contributed by atoms with E-state index in [4.69, 9.17) is 32.4 Å². The van der Waals surface area contributed by atoms with E-state index >= 15 is 0 Å². The highest BCUT2D eigenvalue weighted by molar-refractivity contribution is 6.33. The van der Waals surface area contributed by atoms with Crippen LogP contribution < -0.4 is 15.7 Å². The number of carbonyl (C=O) groups excluding carboxylic acids is 1. The van der Waals surface area contributed by atoms with Crippen LogP contribution in [0.25, 0.3) is 11.0 Å². The molecule has 5 nitrogen and oxygen atoms in total. The maximum absolute atomic E-state index is 12.3. The van der Waals surface area contributed by atoms with Crippen LogP contribution in [0.5, 0.6) is 5.75 Å². The molecule has 2 aromatic carbocycles. The average Bonchev–Trinajstić information content (AvgIpc) is 2.58. The molecular weight excluding hydrogens is 377 g/mol. The van der Waals surface area contributed by atoms with Crippen molar-refractivity contribution in [3.05, 3.63) is 68.5 Å². The predicted octanol–water partition coefficient (Wildman–Crippen LogP) is 4.81. The molecule has 1 atom stereocenters. The number of aryl methyl sites for hydroxylation is 1. The lowest BCUT2D eigenvalue weighted by Gasteiger charge is -2.16. The summed E-state index contributed by atoms with van der Waals surface area (Å²) in [4.78, 5) is 23.8. The van der Waals surface area contributed by atoms with Crippen LogP contribution in [-0.2, 0) is 4.79 Å². The molecule has 0 bridgehead atoms. The van der Waals surface area contributed by atoms with Crippen LogP contribution >= 0.6 is 23.2 Å². The van der Waals surface area contributed by atoms with Crippen LogP contribution in [0.1, 0.15) is 12.5 Å². The van der Waals surface area contributed by atoms with E-state index in [2.05, 4.69) is 5.32 Å². The zero-order valence-electron chi connectivity index (χ0n) is 14.0. The Morgan fingerprint density at radius 3 is 2.54 bits per heavy atom. The molecule has 0 unspecified atom stereocenters. The van der Waals surface area contributed by atoms with Crippen molar-refractivity contribution < 1.29 is 13.9 Å². The molecule has 3 aromatic rings. The van der Waals surface area contributed by atoms with Crippen LogP contribution in [0.3, 0.4) is 0 Å². The van der Waals surface area contributed by atoms with Crippen molar-refractivity contribution in [2.24, 2.45) is 0 Å². The van der Waals surface area contributed by atoms with E-state index in [0.29, 0.717) is 26.7 Å². The lowest BCUT2D eigenvalue weighted by atomic mass is 10.1. The van der Waals surface area contributed by atoms with Gasteiger partial charge in [-0.2, -0.15) is 0 Å². The highest BCUT2D eigenvalue weighted by Crippen LogP contribution is 2.31. The normalized spacial score (nSPS) is 12.0. The van der Waals surface area contributed by atoms with Crippen LogP contribution in [0, 0.1) is 6.92 Å². The SMILES string of the molecule is Cc1cc(=O)oc2cc(O[C@H](C)C(=O)Nc3ccc(Cl)cc3)c(Cl)cc12. The Kier molecular flexibility index (Phi) is 5.20. The second kappa shape index (κ2) is 7.40. The van der Waals surface area contributed by atoms with Gasteiger partial charge in [-0.25, -0.2) is 4.79 Å². The van der Waals surface area contributed by atoms with Crippen LogP contribution in [0.2, 0.25) is 10.0 Å². The van der Waals surface area contributed by atoms with Gasteiger partial charge in [0.25, 0.3) is 5.91 Å². The van der Waals surface area contributed by atoms with Crippen molar-refractivity contribution in [2.75, 3.05) is 5.32 Å². The topological polar surface area (TPSA) is 68.5 Å². The summed E-state index contributed by atoms with van der Waals surface area (Å²) in [5.74, 6) is -0.0964. The number of hydrogen-bond acceptors (Lipinski definition) is 4. The molecule has 1 amide bonds. The molecule has 0 aliphatic rings. The van der Waals surface area contributed by atoms with Gasteiger partial charge < -0.3 is 14.5 Å². The van der Waals surface area contributed by atoms with Crippen LogP contribution in [-0.4, -0.2) is 12.0 Å². The third kappa shape index (κ3) is 4.00. The summed E-state index contributed by atoms with van der Waals surface area (Å²) in [5, 5.41) is 4.33. The molecule has 7 heteroatoms. The monoisotopic (exact) mass is 391 g/mol. The largest absolute Gasteiger partial charge is 0.479 e. The second-order valence-electron chi connectivity index (χ2n) is 5.78. The van der Waals surface area contributed by atoms with Crippen LogP contribution in [0.15, 0.2) is 51.7 Å². The van der Waals surface area contributed by atoms with Gasteiger partial charge in [0.05, 0.1) is 5.02 Å². The van der Waals surface area contributed by atoms with E-state index in [1.165, 1.54) is 12.1 Å². The minimum atomic E-state index is -0.822. The molecule has 0 spiro atoms. The highest BCUT2D eigenvalue weighted by atomic mass is 35.5. The molecule has 0 aliphatic carbocycles. The van der Waals surface area contributed by atoms with Gasteiger partial charge in [-0.1, -0.05) is 23.2 Å². The Hall–Kier alpha value is -2.50. The summed E-state index contributed by atoms with van der Waals surface area (Å²) in [7, 11) is 0. The average molecular weight is 392 g/mol. The first kappa shape index (κ1) is 18.3. The molecule has 1 aromatic heterocycles. The number of amides is 1. The second-order valence-corrected chi connectivity index (χ2v) is 6.63. The molecule has 0 saturated heterocycles. The molecule has 1 heterocycles. The number of benzene rings is 2. The molecule has 0 aliphatic heterocycles. The van der Waals surface area contributed by atoms with Crippen molar-refractivity contribution in [1.29, 1.82) is 0 Å². The van der Waals surface area contributed by atoms with Gasteiger partial charge in [0, 0.05) is 28.2 Å². The van der Waals surface area contributed by atoms with Crippen molar-refractivity contribution in [1.82, 2.24) is 0 Å². The molecular formula is C19H15Cl2NO4. The maximum Gasteiger partial charge on any atom is 0.336 e. The van der Waals surface area contributed by atoms with E-state index in [0.717, 1.165) is 5.56 Å². The Balaban J connectivity index is 1.81. The number of rotatable bonds is 4.